The highest BCUT2D eigenvalue weighted by Crippen LogP contribution is 2.27. The van der Waals surface area contributed by atoms with Gasteiger partial charge in [-0.1, -0.05) is 12.1 Å². The molecule has 0 aliphatic heterocycles. The summed E-state index contributed by atoms with van der Waals surface area (Å²) in [5.74, 6) is 6.60. The summed E-state index contributed by atoms with van der Waals surface area (Å²) in [7, 11) is 0. The van der Waals surface area contributed by atoms with Gasteiger partial charge in [-0.25, -0.2) is 10.8 Å². The monoisotopic (exact) mass is 262 g/mol. The number of para-hydroxylation sites is 1. The summed E-state index contributed by atoms with van der Waals surface area (Å²) in [6, 6.07) is 7.89. The molecule has 94 valence electrons. The van der Waals surface area contributed by atoms with E-state index < -0.39 is 0 Å². The zero-order valence-corrected chi connectivity index (χ0v) is 10.8. The molecule has 0 unspecified atom stereocenters. The highest BCUT2D eigenvalue weighted by Gasteiger charge is 2.03. The second-order valence-electron chi connectivity index (χ2n) is 3.48. The number of ether oxygens (including phenoxy) is 1. The molecule has 0 aliphatic rings. The number of nitrogens with zero attached hydrogens (tertiary/aromatic N) is 2. The van der Waals surface area contributed by atoms with Crippen LogP contribution < -0.4 is 16.0 Å². The third-order valence-electron chi connectivity index (χ3n) is 2.30. The van der Waals surface area contributed by atoms with Crippen LogP contribution >= 0.6 is 11.8 Å². The number of nitrogen functional groups attached to an aromatic ring is 1. The van der Waals surface area contributed by atoms with Crippen molar-refractivity contribution < 1.29 is 4.74 Å². The number of aromatic nitrogens is 2. The molecule has 0 spiro atoms. The lowest BCUT2D eigenvalue weighted by Gasteiger charge is -2.09. The van der Waals surface area contributed by atoms with Crippen LogP contribution in [0, 0.1) is 0 Å². The second-order valence-corrected chi connectivity index (χ2v) is 4.32. The van der Waals surface area contributed by atoms with Gasteiger partial charge >= 0.3 is 0 Å². The molecule has 18 heavy (non-hydrogen) atoms. The minimum Gasteiger partial charge on any atom is -0.486 e. The molecular formula is C12H14N4OS. The predicted octanol–water partition coefficient (Wildman–Crippen LogP) is 2.06. The fourth-order valence-electron chi connectivity index (χ4n) is 1.39. The summed E-state index contributed by atoms with van der Waals surface area (Å²) in [6.45, 7) is 0.384. The van der Waals surface area contributed by atoms with Crippen LogP contribution in [0.4, 0.5) is 5.82 Å². The molecule has 0 saturated carbocycles. The minimum atomic E-state index is 0.384. The van der Waals surface area contributed by atoms with Crippen molar-refractivity contribution in [2.24, 2.45) is 5.84 Å². The molecule has 2 aromatic rings. The summed E-state index contributed by atoms with van der Waals surface area (Å²) in [5, 5.41) is 0. The zero-order chi connectivity index (χ0) is 12.8. The van der Waals surface area contributed by atoms with Gasteiger partial charge in [-0.2, -0.15) is 0 Å². The maximum absolute atomic E-state index is 5.71. The smallest absolute Gasteiger partial charge is 0.158 e. The van der Waals surface area contributed by atoms with Crippen LogP contribution in [0.5, 0.6) is 5.75 Å². The lowest BCUT2D eigenvalue weighted by molar-refractivity contribution is 0.293. The van der Waals surface area contributed by atoms with E-state index in [4.69, 9.17) is 10.6 Å². The van der Waals surface area contributed by atoms with Crippen molar-refractivity contribution in [2.75, 3.05) is 11.7 Å². The largest absolute Gasteiger partial charge is 0.486 e. The molecule has 5 nitrogen and oxygen atoms in total. The molecule has 0 atom stereocenters. The molecular weight excluding hydrogens is 248 g/mol. The Kier molecular flexibility index (Phi) is 4.38. The Morgan fingerprint density at radius 3 is 2.78 bits per heavy atom. The summed E-state index contributed by atoms with van der Waals surface area (Å²) in [5.41, 5.74) is 3.18. The Morgan fingerprint density at radius 2 is 2.11 bits per heavy atom. The van der Waals surface area contributed by atoms with Crippen molar-refractivity contribution in [3.05, 3.63) is 42.4 Å². The highest BCUT2D eigenvalue weighted by atomic mass is 32.2. The van der Waals surface area contributed by atoms with Crippen molar-refractivity contribution in [2.45, 2.75) is 11.5 Å². The lowest BCUT2D eigenvalue weighted by atomic mass is 10.3. The van der Waals surface area contributed by atoms with Gasteiger partial charge in [0.15, 0.2) is 5.82 Å². The number of nitrogens with one attached hydrogen (secondary N) is 1. The van der Waals surface area contributed by atoms with E-state index in [1.165, 1.54) is 0 Å². The lowest BCUT2D eigenvalue weighted by Crippen LogP contribution is -2.09. The van der Waals surface area contributed by atoms with E-state index in [1.807, 2.05) is 30.5 Å². The molecule has 1 heterocycles. The minimum absolute atomic E-state index is 0.384. The van der Waals surface area contributed by atoms with Gasteiger partial charge in [0.05, 0.1) is 18.1 Å². The zero-order valence-electron chi connectivity index (χ0n) is 9.96. The summed E-state index contributed by atoms with van der Waals surface area (Å²) in [6.07, 6.45) is 5.22. The standard InChI is InChI=1S/C12H14N4OS/c1-18-11-5-3-2-4-10(11)17-8-9-6-15-12(16-13)7-14-9/h2-7H,8,13H2,1H3,(H,15,16). The third-order valence-corrected chi connectivity index (χ3v) is 3.07. The van der Waals surface area contributed by atoms with Crippen LogP contribution in [0.1, 0.15) is 5.69 Å². The first-order chi connectivity index (χ1) is 8.83. The highest BCUT2D eigenvalue weighted by molar-refractivity contribution is 7.98. The Labute approximate surface area is 110 Å². The number of rotatable bonds is 5. The molecule has 0 fully saturated rings. The molecule has 0 aliphatic carbocycles. The van der Waals surface area contributed by atoms with Crippen LogP contribution in [0.15, 0.2) is 41.6 Å². The molecule has 1 aromatic heterocycles. The SMILES string of the molecule is CSc1ccccc1OCc1cnc(NN)cn1. The van der Waals surface area contributed by atoms with E-state index in [2.05, 4.69) is 15.4 Å². The van der Waals surface area contributed by atoms with E-state index in [0.29, 0.717) is 12.4 Å². The van der Waals surface area contributed by atoms with Crippen molar-refractivity contribution in [3.8, 4) is 5.75 Å². The first kappa shape index (κ1) is 12.7. The van der Waals surface area contributed by atoms with E-state index in [0.717, 1.165) is 16.3 Å². The van der Waals surface area contributed by atoms with Crippen LogP contribution in [0.3, 0.4) is 0 Å². The molecule has 0 bridgehead atoms. The van der Waals surface area contributed by atoms with Crippen LogP contribution in [-0.2, 0) is 6.61 Å². The average molecular weight is 262 g/mol. The topological polar surface area (TPSA) is 73.1 Å². The Bertz CT molecular complexity index is 504. The summed E-state index contributed by atoms with van der Waals surface area (Å²) in [4.78, 5) is 9.35. The molecule has 3 N–H and O–H groups in total. The first-order valence-electron chi connectivity index (χ1n) is 5.37. The number of anilines is 1. The van der Waals surface area contributed by atoms with E-state index in [-0.39, 0.29) is 0 Å². The van der Waals surface area contributed by atoms with E-state index >= 15 is 0 Å². The second kappa shape index (κ2) is 6.23. The molecule has 6 heteroatoms. The van der Waals surface area contributed by atoms with Gasteiger partial charge < -0.3 is 10.2 Å². The number of hydrogen-bond donors (Lipinski definition) is 2. The Balaban J connectivity index is 2.02. The van der Waals surface area contributed by atoms with Gasteiger partial charge in [0.2, 0.25) is 0 Å². The van der Waals surface area contributed by atoms with Gasteiger partial charge in [-0.15, -0.1) is 11.8 Å². The molecule has 1 aromatic carbocycles. The van der Waals surface area contributed by atoms with Crippen molar-refractivity contribution in [1.29, 1.82) is 0 Å². The maximum atomic E-state index is 5.71. The van der Waals surface area contributed by atoms with E-state index in [9.17, 15) is 0 Å². The Morgan fingerprint density at radius 1 is 1.28 bits per heavy atom. The van der Waals surface area contributed by atoms with E-state index in [1.54, 1.807) is 24.2 Å². The quantitative estimate of drug-likeness (QED) is 0.488. The van der Waals surface area contributed by atoms with Gasteiger partial charge in [-0.3, -0.25) is 4.98 Å². The number of thioether (sulfide) groups is 1. The van der Waals surface area contributed by atoms with Gasteiger partial charge in [0.1, 0.15) is 12.4 Å². The average Bonchev–Trinajstić information content (AvgIpc) is 2.46. The normalized spacial score (nSPS) is 10.1. The van der Waals surface area contributed by atoms with Gasteiger partial charge in [0, 0.05) is 4.90 Å². The maximum Gasteiger partial charge on any atom is 0.158 e. The summed E-state index contributed by atoms with van der Waals surface area (Å²) >= 11 is 1.65. The molecule has 0 radical (unpaired) electrons. The van der Waals surface area contributed by atoms with Crippen LogP contribution in [-0.4, -0.2) is 16.2 Å². The molecule has 2 rings (SSSR count). The fraction of sp³-hybridized carbons (Fsp3) is 0.167. The van der Waals surface area contributed by atoms with Crippen molar-refractivity contribution in [1.82, 2.24) is 9.97 Å². The summed E-state index contributed by atoms with van der Waals surface area (Å²) < 4.78 is 5.71. The number of nitrogens with two attached hydrogens (primary N) is 1. The number of benzene rings is 1. The Hall–Kier alpha value is -1.79. The number of hydrogen-bond acceptors (Lipinski definition) is 6. The van der Waals surface area contributed by atoms with Gasteiger partial charge in [-0.05, 0) is 18.4 Å². The predicted molar refractivity (Wildman–Crippen MR) is 72.4 cm³/mol. The fourth-order valence-corrected chi connectivity index (χ4v) is 1.94. The molecule has 0 amide bonds. The van der Waals surface area contributed by atoms with Crippen LogP contribution in [0.25, 0.3) is 0 Å². The third kappa shape index (κ3) is 3.12. The van der Waals surface area contributed by atoms with Crippen molar-refractivity contribution in [3.63, 3.8) is 0 Å². The van der Waals surface area contributed by atoms with Crippen LogP contribution in [0.2, 0.25) is 0 Å². The first-order valence-corrected chi connectivity index (χ1v) is 6.59. The van der Waals surface area contributed by atoms with Crippen molar-refractivity contribution >= 4 is 17.6 Å². The number of hydrazine groups is 1. The molecule has 0 saturated heterocycles. The van der Waals surface area contributed by atoms with Gasteiger partial charge in [0.25, 0.3) is 0 Å².